The van der Waals surface area contributed by atoms with Crippen LogP contribution in [0.2, 0.25) is 20.1 Å². The van der Waals surface area contributed by atoms with Gasteiger partial charge in [-0.15, -0.1) is 5.10 Å². The summed E-state index contributed by atoms with van der Waals surface area (Å²) in [5, 5.41) is 10.7. The molecule has 1 aliphatic heterocycles. The molecule has 42 heavy (non-hydrogen) atoms. The molecule has 0 N–H and O–H groups in total. The maximum atomic E-state index is 13.5. The number of rotatable bonds is 9. The number of thioether (sulfide) groups is 1. The number of methoxy groups -OCH3 is 1. The Kier molecular flexibility index (Phi) is 9.82. The van der Waals surface area contributed by atoms with E-state index in [-0.39, 0.29) is 19.1 Å². The molecule has 0 radical (unpaired) electrons. The SMILES string of the molecule is COc1cc(/C=C2\S/C(=N\N=C\c3cccc(Cl)c3Cl)N(Cc3ccco3)C2=O)ccc1OCc1ccc(Cl)cc1Cl. The van der Waals surface area contributed by atoms with Crippen molar-refractivity contribution >= 4 is 81.5 Å². The molecule has 3 aromatic carbocycles. The molecule has 0 atom stereocenters. The summed E-state index contributed by atoms with van der Waals surface area (Å²) in [6.07, 6.45) is 4.79. The van der Waals surface area contributed by atoms with Crippen molar-refractivity contribution in [3.63, 3.8) is 0 Å². The van der Waals surface area contributed by atoms with Gasteiger partial charge < -0.3 is 13.9 Å². The van der Waals surface area contributed by atoms with Crippen molar-refractivity contribution in [2.75, 3.05) is 7.11 Å². The molecular weight excluding hydrogens is 640 g/mol. The van der Waals surface area contributed by atoms with Crippen LogP contribution in [0.25, 0.3) is 6.08 Å². The molecule has 1 fully saturated rings. The average molecular weight is 661 g/mol. The van der Waals surface area contributed by atoms with Crippen LogP contribution in [0.15, 0.2) is 92.5 Å². The van der Waals surface area contributed by atoms with Crippen molar-refractivity contribution in [1.82, 2.24) is 4.90 Å². The molecule has 1 saturated heterocycles. The lowest BCUT2D eigenvalue weighted by Gasteiger charge is -2.13. The number of benzene rings is 3. The Morgan fingerprint density at radius 3 is 2.60 bits per heavy atom. The molecule has 1 aromatic heterocycles. The van der Waals surface area contributed by atoms with Crippen LogP contribution in [-0.4, -0.2) is 29.3 Å². The predicted octanol–water partition coefficient (Wildman–Crippen LogP) is 8.99. The van der Waals surface area contributed by atoms with Gasteiger partial charge in [-0.05, 0) is 65.9 Å². The number of amidine groups is 1. The van der Waals surface area contributed by atoms with Crippen LogP contribution >= 0.6 is 58.2 Å². The van der Waals surface area contributed by atoms with Crippen molar-refractivity contribution in [3.8, 4) is 11.5 Å². The fourth-order valence-electron chi connectivity index (χ4n) is 3.88. The molecule has 1 aliphatic rings. The largest absolute Gasteiger partial charge is 0.493 e. The van der Waals surface area contributed by atoms with E-state index in [0.29, 0.717) is 53.0 Å². The molecule has 0 saturated carbocycles. The van der Waals surface area contributed by atoms with E-state index in [0.717, 1.165) is 11.1 Å². The van der Waals surface area contributed by atoms with Crippen molar-refractivity contribution in [1.29, 1.82) is 0 Å². The molecule has 214 valence electrons. The van der Waals surface area contributed by atoms with Crippen LogP contribution in [0.3, 0.4) is 0 Å². The number of carbonyl (C=O) groups is 1. The Labute approximate surface area is 266 Å². The van der Waals surface area contributed by atoms with Crippen LogP contribution in [0, 0.1) is 0 Å². The Morgan fingerprint density at radius 2 is 1.83 bits per heavy atom. The minimum Gasteiger partial charge on any atom is -0.493 e. The number of carbonyl (C=O) groups excluding carboxylic acids is 1. The van der Waals surface area contributed by atoms with E-state index in [4.69, 9.17) is 60.3 Å². The third-order valence-electron chi connectivity index (χ3n) is 5.99. The highest BCUT2D eigenvalue weighted by molar-refractivity contribution is 8.18. The summed E-state index contributed by atoms with van der Waals surface area (Å²) in [6, 6.07) is 19.4. The second kappa shape index (κ2) is 13.7. The molecular formula is C30H21Cl4N3O4S. The number of ether oxygens (including phenoxy) is 2. The number of nitrogens with zero attached hydrogens (tertiary/aromatic N) is 3. The van der Waals surface area contributed by atoms with Gasteiger partial charge in [0.15, 0.2) is 16.7 Å². The van der Waals surface area contributed by atoms with Crippen LogP contribution in [0.1, 0.15) is 22.5 Å². The number of hydrogen-bond acceptors (Lipinski definition) is 7. The first-order valence-electron chi connectivity index (χ1n) is 12.4. The predicted molar refractivity (Wildman–Crippen MR) is 170 cm³/mol. The minimum atomic E-state index is -0.247. The lowest BCUT2D eigenvalue weighted by Crippen LogP contribution is -2.28. The average Bonchev–Trinajstić information content (AvgIpc) is 3.59. The summed E-state index contributed by atoms with van der Waals surface area (Å²) in [5.41, 5.74) is 2.11. The third kappa shape index (κ3) is 7.14. The molecule has 2 heterocycles. The maximum Gasteiger partial charge on any atom is 0.267 e. The quantitative estimate of drug-likeness (QED) is 0.102. The molecule has 5 rings (SSSR count). The molecule has 0 spiro atoms. The maximum absolute atomic E-state index is 13.5. The van der Waals surface area contributed by atoms with E-state index in [1.807, 2.05) is 6.07 Å². The highest BCUT2D eigenvalue weighted by Crippen LogP contribution is 2.36. The second-order valence-corrected chi connectivity index (χ2v) is 11.4. The fourth-order valence-corrected chi connectivity index (χ4v) is 5.63. The second-order valence-electron chi connectivity index (χ2n) is 8.79. The highest BCUT2D eigenvalue weighted by atomic mass is 35.5. The van der Waals surface area contributed by atoms with Crippen LogP contribution < -0.4 is 9.47 Å². The van der Waals surface area contributed by atoms with Gasteiger partial charge in [-0.1, -0.05) is 70.7 Å². The van der Waals surface area contributed by atoms with Crippen molar-refractivity contribution in [3.05, 3.63) is 120 Å². The van der Waals surface area contributed by atoms with Crippen LogP contribution in [0.5, 0.6) is 11.5 Å². The van der Waals surface area contributed by atoms with Crippen molar-refractivity contribution in [2.45, 2.75) is 13.2 Å². The van der Waals surface area contributed by atoms with Gasteiger partial charge in [0.2, 0.25) is 0 Å². The van der Waals surface area contributed by atoms with E-state index >= 15 is 0 Å². The summed E-state index contributed by atoms with van der Waals surface area (Å²) in [6.45, 7) is 0.412. The Morgan fingerprint density at radius 1 is 0.976 bits per heavy atom. The molecule has 1 amide bonds. The summed E-state index contributed by atoms with van der Waals surface area (Å²) < 4.78 is 17.0. The first kappa shape index (κ1) is 30.1. The molecule has 4 aromatic rings. The van der Waals surface area contributed by atoms with Gasteiger partial charge >= 0.3 is 0 Å². The van der Waals surface area contributed by atoms with Gasteiger partial charge in [-0.25, -0.2) is 0 Å². The summed E-state index contributed by atoms with van der Waals surface area (Å²) in [7, 11) is 1.55. The van der Waals surface area contributed by atoms with Crippen LogP contribution in [0.4, 0.5) is 0 Å². The topological polar surface area (TPSA) is 76.6 Å². The number of halogens is 4. The normalized spacial score (nSPS) is 15.4. The Balaban J connectivity index is 1.38. The summed E-state index contributed by atoms with van der Waals surface area (Å²) in [4.78, 5) is 15.4. The van der Waals surface area contributed by atoms with Gasteiger partial charge in [-0.3, -0.25) is 9.69 Å². The molecule has 0 unspecified atom stereocenters. The van der Waals surface area contributed by atoms with E-state index in [1.165, 1.54) is 22.9 Å². The van der Waals surface area contributed by atoms with E-state index < -0.39 is 0 Å². The zero-order chi connectivity index (χ0) is 29.6. The monoisotopic (exact) mass is 659 g/mol. The Bertz CT molecular complexity index is 1710. The lowest BCUT2D eigenvalue weighted by atomic mass is 10.1. The Hall–Kier alpha value is -3.40. The number of amides is 1. The van der Waals surface area contributed by atoms with Gasteiger partial charge in [0, 0.05) is 21.2 Å². The van der Waals surface area contributed by atoms with Gasteiger partial charge in [0.1, 0.15) is 12.4 Å². The smallest absolute Gasteiger partial charge is 0.267 e. The fraction of sp³-hybridized carbons (Fsp3) is 0.100. The van der Waals surface area contributed by atoms with Gasteiger partial charge in [0.05, 0.1) is 41.1 Å². The standard InChI is InChI=1S/C30H21Cl4N3O4S/c1-39-26-12-18(7-10-25(26)41-17-20-8-9-21(31)14-24(20)33)13-27-29(38)37(16-22-5-3-11-40-22)30(42-27)36-35-15-19-4-2-6-23(32)28(19)34/h2-15H,16-17H2,1H3/b27-13-,35-15+,36-30-. The molecule has 12 heteroatoms. The third-order valence-corrected chi connectivity index (χ3v) is 8.40. The number of hydrogen-bond donors (Lipinski definition) is 0. The first-order valence-corrected chi connectivity index (χ1v) is 14.7. The minimum absolute atomic E-state index is 0.186. The van der Waals surface area contributed by atoms with E-state index in [1.54, 1.807) is 80.1 Å². The molecule has 0 bridgehead atoms. The molecule has 7 nitrogen and oxygen atoms in total. The first-order chi connectivity index (χ1) is 20.3. The van der Waals surface area contributed by atoms with E-state index in [2.05, 4.69) is 10.2 Å². The van der Waals surface area contributed by atoms with Crippen LogP contribution in [-0.2, 0) is 17.9 Å². The van der Waals surface area contributed by atoms with Crippen molar-refractivity contribution in [2.24, 2.45) is 10.2 Å². The highest BCUT2D eigenvalue weighted by Gasteiger charge is 2.34. The van der Waals surface area contributed by atoms with Gasteiger partial charge in [0.25, 0.3) is 5.91 Å². The molecule has 0 aliphatic carbocycles. The van der Waals surface area contributed by atoms with Gasteiger partial charge in [-0.2, -0.15) is 5.10 Å². The zero-order valence-electron chi connectivity index (χ0n) is 21.9. The number of furan rings is 1. The van der Waals surface area contributed by atoms with Crippen molar-refractivity contribution < 1.29 is 18.7 Å². The summed E-state index contributed by atoms with van der Waals surface area (Å²) >= 11 is 25.8. The zero-order valence-corrected chi connectivity index (χ0v) is 25.7. The van der Waals surface area contributed by atoms with E-state index in [9.17, 15) is 4.79 Å². The lowest BCUT2D eigenvalue weighted by molar-refractivity contribution is -0.122. The summed E-state index contributed by atoms with van der Waals surface area (Å²) in [5.74, 6) is 1.37.